The third-order valence-corrected chi connectivity index (χ3v) is 8.38. The molecule has 0 aliphatic carbocycles. The molecule has 8 heteroatoms. The Balaban J connectivity index is 1.79. The number of benzene rings is 2. The Kier molecular flexibility index (Phi) is 9.21. The van der Waals surface area contributed by atoms with E-state index in [2.05, 4.69) is 25.2 Å². The number of amides is 3. The van der Waals surface area contributed by atoms with Gasteiger partial charge in [0.05, 0.1) is 25.4 Å². The fraction of sp³-hybridized carbons (Fsp3) is 0.500. The van der Waals surface area contributed by atoms with Crippen LogP contribution in [-0.2, 0) is 18.4 Å². The monoisotopic (exact) mass is 548 g/mol. The number of para-hydroxylation sites is 1. The Bertz CT molecular complexity index is 1350. The number of aromatic nitrogens is 1. The fourth-order valence-electron chi connectivity index (χ4n) is 5.35. The van der Waals surface area contributed by atoms with Gasteiger partial charge in [-0.2, -0.15) is 0 Å². The van der Waals surface area contributed by atoms with Gasteiger partial charge in [-0.3, -0.25) is 4.79 Å². The Morgan fingerprint density at radius 3 is 2.50 bits per heavy atom. The molecule has 3 aromatic rings. The highest BCUT2D eigenvalue weighted by Gasteiger charge is 2.34. The zero-order valence-corrected chi connectivity index (χ0v) is 24.8. The zero-order chi connectivity index (χ0) is 29.1. The summed E-state index contributed by atoms with van der Waals surface area (Å²) >= 11 is 0. The van der Waals surface area contributed by atoms with E-state index in [9.17, 15) is 14.7 Å². The van der Waals surface area contributed by atoms with Crippen molar-refractivity contribution in [2.24, 2.45) is 18.9 Å². The minimum absolute atomic E-state index is 0.0413. The van der Waals surface area contributed by atoms with Crippen LogP contribution in [0.3, 0.4) is 0 Å². The molecule has 216 valence electrons. The van der Waals surface area contributed by atoms with E-state index in [1.165, 1.54) is 0 Å². The number of rotatable bonds is 6. The van der Waals surface area contributed by atoms with Crippen LogP contribution in [0.4, 0.5) is 4.79 Å². The van der Waals surface area contributed by atoms with Crippen LogP contribution in [0.5, 0.6) is 0 Å². The van der Waals surface area contributed by atoms with Crippen LogP contribution >= 0.6 is 0 Å². The zero-order valence-electron chi connectivity index (χ0n) is 24.8. The number of hydrogen-bond donors (Lipinski definition) is 2. The summed E-state index contributed by atoms with van der Waals surface area (Å²) in [6, 6.07) is 15.6. The topological polar surface area (TPSA) is 87.0 Å². The van der Waals surface area contributed by atoms with E-state index in [0.717, 1.165) is 27.6 Å². The van der Waals surface area contributed by atoms with E-state index in [0.29, 0.717) is 31.3 Å². The van der Waals surface area contributed by atoms with Crippen molar-refractivity contribution >= 4 is 22.8 Å². The third kappa shape index (κ3) is 5.88. The molecular weight excluding hydrogens is 504 g/mol. The Morgan fingerprint density at radius 2 is 1.80 bits per heavy atom. The Hall–Kier alpha value is -3.36. The van der Waals surface area contributed by atoms with Crippen molar-refractivity contribution in [1.82, 2.24) is 19.7 Å². The highest BCUT2D eigenvalue weighted by Crippen LogP contribution is 2.38. The summed E-state index contributed by atoms with van der Waals surface area (Å²) in [5, 5.41) is 14.2. The molecule has 0 spiro atoms. The van der Waals surface area contributed by atoms with Crippen molar-refractivity contribution in [2.75, 3.05) is 26.7 Å². The highest BCUT2D eigenvalue weighted by molar-refractivity contribution is 6.10. The van der Waals surface area contributed by atoms with Gasteiger partial charge in [0.1, 0.15) is 5.69 Å². The van der Waals surface area contributed by atoms with Gasteiger partial charge in [-0.15, -0.1) is 0 Å². The molecule has 0 radical (unpaired) electrons. The number of aliphatic hydroxyl groups excluding tert-OH is 1. The second-order valence-corrected chi connectivity index (χ2v) is 11.6. The fourth-order valence-corrected chi connectivity index (χ4v) is 5.35. The third-order valence-electron chi connectivity index (χ3n) is 8.38. The number of nitrogens with one attached hydrogen (secondary N) is 1. The van der Waals surface area contributed by atoms with Gasteiger partial charge in [-0.25, -0.2) is 4.79 Å². The van der Waals surface area contributed by atoms with Crippen molar-refractivity contribution in [3.8, 4) is 11.1 Å². The Morgan fingerprint density at radius 1 is 1.12 bits per heavy atom. The predicted octanol–water partition coefficient (Wildman–Crippen LogP) is 4.89. The molecule has 0 fully saturated rings. The number of nitrogens with zero attached hydrogens (tertiary/aromatic N) is 3. The molecular formula is C32H44N4O4. The van der Waals surface area contributed by atoms with Crippen LogP contribution in [0.2, 0.25) is 0 Å². The highest BCUT2D eigenvalue weighted by atomic mass is 16.5. The summed E-state index contributed by atoms with van der Waals surface area (Å²) in [6.45, 7) is 11.0. The molecule has 2 heterocycles. The van der Waals surface area contributed by atoms with E-state index in [-0.39, 0.29) is 36.6 Å². The Labute approximate surface area is 237 Å². The van der Waals surface area contributed by atoms with E-state index in [4.69, 9.17) is 4.74 Å². The first-order valence-electron chi connectivity index (χ1n) is 14.3. The average molecular weight is 549 g/mol. The van der Waals surface area contributed by atoms with Gasteiger partial charge >= 0.3 is 6.03 Å². The van der Waals surface area contributed by atoms with Crippen LogP contribution in [0.25, 0.3) is 22.0 Å². The molecule has 0 bridgehead atoms. The smallest absolute Gasteiger partial charge is 0.317 e. The molecule has 0 saturated heterocycles. The lowest BCUT2D eigenvalue weighted by Gasteiger charge is -2.35. The van der Waals surface area contributed by atoms with Crippen molar-refractivity contribution < 1.29 is 19.4 Å². The SMILES string of the molecule is CC(C)[C@@H](C)NC(=O)N(C)C[C@@H]1OCc2ccccc2-c2c(n(C)c3ccccc23)C(=O)N([C@@H](C)CO)C[C@@H]1C. The lowest BCUT2D eigenvalue weighted by atomic mass is 9.96. The van der Waals surface area contributed by atoms with Gasteiger partial charge < -0.3 is 29.5 Å². The molecule has 0 saturated carbocycles. The number of fused-ring (bicyclic) bond motifs is 5. The summed E-state index contributed by atoms with van der Waals surface area (Å²) in [7, 11) is 3.70. The van der Waals surface area contributed by atoms with Gasteiger partial charge in [0.25, 0.3) is 5.91 Å². The lowest BCUT2D eigenvalue weighted by Crippen LogP contribution is -2.50. The molecule has 1 aromatic heterocycles. The number of carbonyl (C=O) groups is 2. The number of likely N-dealkylation sites (N-methyl/N-ethyl adjacent to an activating group) is 1. The molecule has 0 unspecified atom stereocenters. The number of hydrogen-bond acceptors (Lipinski definition) is 4. The molecule has 3 amide bonds. The largest absolute Gasteiger partial charge is 0.394 e. The maximum absolute atomic E-state index is 14.4. The molecule has 2 N–H and O–H groups in total. The van der Waals surface area contributed by atoms with Crippen LogP contribution in [0.1, 0.15) is 50.7 Å². The minimum Gasteiger partial charge on any atom is -0.394 e. The minimum atomic E-state index is -0.398. The van der Waals surface area contributed by atoms with E-state index >= 15 is 0 Å². The van der Waals surface area contributed by atoms with Crippen molar-refractivity contribution in [2.45, 2.75) is 59.4 Å². The maximum atomic E-state index is 14.4. The number of aliphatic hydroxyl groups is 1. The number of urea groups is 1. The van der Waals surface area contributed by atoms with Crippen molar-refractivity contribution in [3.63, 3.8) is 0 Å². The summed E-state index contributed by atoms with van der Waals surface area (Å²) in [5.41, 5.74) is 4.37. The van der Waals surface area contributed by atoms with Crippen molar-refractivity contribution in [3.05, 3.63) is 59.8 Å². The van der Waals surface area contributed by atoms with Gasteiger partial charge in [0.15, 0.2) is 0 Å². The van der Waals surface area contributed by atoms with Gasteiger partial charge in [-0.1, -0.05) is 63.2 Å². The second-order valence-electron chi connectivity index (χ2n) is 11.6. The molecule has 40 heavy (non-hydrogen) atoms. The van der Waals surface area contributed by atoms with Crippen LogP contribution < -0.4 is 5.32 Å². The average Bonchev–Trinajstić information content (AvgIpc) is 3.23. The van der Waals surface area contributed by atoms with Crippen molar-refractivity contribution in [1.29, 1.82) is 0 Å². The molecule has 8 nitrogen and oxygen atoms in total. The van der Waals surface area contributed by atoms with E-state index < -0.39 is 6.04 Å². The summed E-state index contributed by atoms with van der Waals surface area (Å²) < 4.78 is 8.56. The number of ether oxygens (including phenoxy) is 1. The standard InChI is InChI=1S/C32H44N4O4/c1-20(2)23(5)33-32(39)34(6)17-28-21(3)16-36(22(4)18-37)31(38)30-29(25-13-9-8-12-24(25)19-40-28)26-14-10-11-15-27(26)35(30)7/h8-15,20-23,28,37H,16-19H2,1-7H3,(H,33,39)/t21-,22-,23+,28-/m0/s1. The molecule has 4 atom stereocenters. The predicted molar refractivity (Wildman–Crippen MR) is 159 cm³/mol. The van der Waals surface area contributed by atoms with Crippen LogP contribution in [-0.4, -0.2) is 76.3 Å². The lowest BCUT2D eigenvalue weighted by molar-refractivity contribution is -0.0186. The number of aryl methyl sites for hydroxylation is 1. The number of carbonyl (C=O) groups excluding carboxylic acids is 2. The van der Waals surface area contributed by atoms with Gasteiger partial charge in [0.2, 0.25) is 0 Å². The van der Waals surface area contributed by atoms with Gasteiger partial charge in [0, 0.05) is 55.6 Å². The van der Waals surface area contributed by atoms with E-state index in [1.807, 2.05) is 74.9 Å². The first kappa shape index (κ1) is 29.6. The molecule has 1 aliphatic heterocycles. The first-order valence-corrected chi connectivity index (χ1v) is 14.3. The normalized spacial score (nSPS) is 19.5. The maximum Gasteiger partial charge on any atom is 0.317 e. The summed E-state index contributed by atoms with van der Waals surface area (Å²) in [4.78, 5) is 30.8. The van der Waals surface area contributed by atoms with Crippen LogP contribution in [0.15, 0.2) is 48.5 Å². The van der Waals surface area contributed by atoms with Crippen LogP contribution in [0, 0.1) is 11.8 Å². The quantitative estimate of drug-likeness (QED) is 0.459. The first-order chi connectivity index (χ1) is 19.0. The molecule has 4 rings (SSSR count). The molecule has 1 aliphatic rings. The van der Waals surface area contributed by atoms with Gasteiger partial charge in [-0.05, 0) is 37.0 Å². The van der Waals surface area contributed by atoms with E-state index in [1.54, 1.807) is 16.8 Å². The summed E-state index contributed by atoms with van der Waals surface area (Å²) in [5.74, 6) is 0.0761. The second kappa shape index (κ2) is 12.4. The summed E-state index contributed by atoms with van der Waals surface area (Å²) in [6.07, 6.45) is -0.336. The molecule has 2 aromatic carbocycles.